The average molecular weight is 206 g/mol. The molecule has 0 atom stereocenters. The highest BCUT2D eigenvalue weighted by Gasteiger charge is 2.06. The third kappa shape index (κ3) is 2.35. The molecule has 0 spiro atoms. The molecule has 0 bridgehead atoms. The van der Waals surface area contributed by atoms with Crippen molar-refractivity contribution in [1.29, 1.82) is 0 Å². The first-order valence-electron chi connectivity index (χ1n) is 4.42. The van der Waals surface area contributed by atoms with Gasteiger partial charge in [0.05, 0.1) is 5.69 Å². The van der Waals surface area contributed by atoms with E-state index in [0.29, 0.717) is 17.1 Å². The first-order valence-corrected chi connectivity index (χ1v) is 4.42. The van der Waals surface area contributed by atoms with E-state index in [2.05, 4.69) is 20.5 Å². The standard InChI is InChI=1S/C9H10N4O2/c1-10-12-7-2-3-8-9(4-7)15-6-14-5-11-13-8/h2-4H,5-6H2,1H3. The minimum absolute atomic E-state index is 0.165. The van der Waals surface area contributed by atoms with Crippen molar-refractivity contribution in [2.75, 3.05) is 20.6 Å². The van der Waals surface area contributed by atoms with Gasteiger partial charge in [-0.05, 0) is 12.1 Å². The maximum atomic E-state index is 5.34. The second kappa shape index (κ2) is 4.61. The Morgan fingerprint density at radius 2 is 2.33 bits per heavy atom. The maximum absolute atomic E-state index is 5.34. The number of rotatable bonds is 1. The van der Waals surface area contributed by atoms with Crippen LogP contribution >= 0.6 is 0 Å². The van der Waals surface area contributed by atoms with Gasteiger partial charge in [0.25, 0.3) is 0 Å². The molecule has 0 amide bonds. The van der Waals surface area contributed by atoms with Crippen LogP contribution in [0.5, 0.6) is 5.75 Å². The van der Waals surface area contributed by atoms with Crippen LogP contribution in [0.25, 0.3) is 0 Å². The first-order chi connectivity index (χ1) is 7.40. The molecule has 2 rings (SSSR count). The van der Waals surface area contributed by atoms with Crippen molar-refractivity contribution >= 4 is 11.4 Å². The van der Waals surface area contributed by atoms with Crippen molar-refractivity contribution in [3.05, 3.63) is 18.2 Å². The first kappa shape index (κ1) is 9.72. The zero-order chi connectivity index (χ0) is 10.5. The number of benzene rings is 1. The van der Waals surface area contributed by atoms with Gasteiger partial charge < -0.3 is 9.47 Å². The molecular weight excluding hydrogens is 196 g/mol. The van der Waals surface area contributed by atoms with Crippen LogP contribution in [0.2, 0.25) is 0 Å². The third-order valence-corrected chi connectivity index (χ3v) is 1.78. The Morgan fingerprint density at radius 1 is 1.40 bits per heavy atom. The lowest BCUT2D eigenvalue weighted by Crippen LogP contribution is -2.04. The Kier molecular flexibility index (Phi) is 2.99. The van der Waals surface area contributed by atoms with Crippen LogP contribution in [-0.4, -0.2) is 20.6 Å². The van der Waals surface area contributed by atoms with Crippen molar-refractivity contribution in [1.82, 2.24) is 0 Å². The van der Waals surface area contributed by atoms with Gasteiger partial charge in [-0.2, -0.15) is 15.3 Å². The van der Waals surface area contributed by atoms with Crippen molar-refractivity contribution in [2.24, 2.45) is 20.5 Å². The number of nitrogens with zero attached hydrogens (tertiary/aromatic N) is 4. The Labute approximate surface area is 86.6 Å². The molecule has 0 radical (unpaired) electrons. The van der Waals surface area contributed by atoms with E-state index in [0.717, 1.165) is 0 Å². The minimum Gasteiger partial charge on any atom is -0.465 e. The molecule has 0 unspecified atom stereocenters. The van der Waals surface area contributed by atoms with Crippen LogP contribution in [0.1, 0.15) is 0 Å². The largest absolute Gasteiger partial charge is 0.465 e. The lowest BCUT2D eigenvalue weighted by molar-refractivity contribution is 0.0152. The third-order valence-electron chi connectivity index (χ3n) is 1.78. The molecule has 6 heteroatoms. The second-order valence-electron chi connectivity index (χ2n) is 2.79. The van der Waals surface area contributed by atoms with Gasteiger partial charge in [-0.3, -0.25) is 0 Å². The van der Waals surface area contributed by atoms with E-state index in [1.807, 2.05) is 0 Å². The Balaban J connectivity index is 2.36. The molecule has 0 aromatic heterocycles. The number of fused-ring (bicyclic) bond motifs is 1. The van der Waals surface area contributed by atoms with Crippen LogP contribution in [0.3, 0.4) is 0 Å². The molecule has 0 fully saturated rings. The smallest absolute Gasteiger partial charge is 0.191 e. The van der Waals surface area contributed by atoms with Gasteiger partial charge in [-0.15, -0.1) is 5.11 Å². The summed E-state index contributed by atoms with van der Waals surface area (Å²) in [6.07, 6.45) is 0. The van der Waals surface area contributed by atoms with Gasteiger partial charge in [-0.25, -0.2) is 0 Å². The highest BCUT2D eigenvalue weighted by Crippen LogP contribution is 2.32. The van der Waals surface area contributed by atoms with Crippen molar-refractivity contribution in [3.8, 4) is 5.75 Å². The molecule has 1 aliphatic rings. The van der Waals surface area contributed by atoms with Crippen molar-refractivity contribution < 1.29 is 9.47 Å². The molecule has 1 aromatic rings. The molecule has 6 nitrogen and oxygen atoms in total. The monoisotopic (exact) mass is 206 g/mol. The summed E-state index contributed by atoms with van der Waals surface area (Å²) in [7, 11) is 1.61. The highest BCUT2D eigenvalue weighted by atomic mass is 16.7. The lowest BCUT2D eigenvalue weighted by atomic mass is 10.2. The zero-order valence-electron chi connectivity index (χ0n) is 8.25. The molecule has 0 aliphatic carbocycles. The normalized spacial score (nSPS) is 15.5. The molecule has 78 valence electrons. The Hall–Kier alpha value is -1.82. The van der Waals surface area contributed by atoms with E-state index >= 15 is 0 Å². The van der Waals surface area contributed by atoms with Crippen LogP contribution < -0.4 is 4.74 Å². The van der Waals surface area contributed by atoms with Crippen LogP contribution in [0, 0.1) is 0 Å². The maximum Gasteiger partial charge on any atom is 0.191 e. The van der Waals surface area contributed by atoms with Gasteiger partial charge in [0, 0.05) is 13.1 Å². The van der Waals surface area contributed by atoms with Gasteiger partial charge in [-0.1, -0.05) is 0 Å². The van der Waals surface area contributed by atoms with Gasteiger partial charge in [0.2, 0.25) is 0 Å². The summed E-state index contributed by atoms with van der Waals surface area (Å²) in [4.78, 5) is 0. The topological polar surface area (TPSA) is 67.9 Å². The van der Waals surface area contributed by atoms with E-state index in [4.69, 9.17) is 9.47 Å². The van der Waals surface area contributed by atoms with E-state index < -0.39 is 0 Å². The summed E-state index contributed by atoms with van der Waals surface area (Å²) in [6, 6.07) is 5.33. The average Bonchev–Trinajstić information content (AvgIpc) is 2.20. The number of hydrogen-bond acceptors (Lipinski definition) is 6. The van der Waals surface area contributed by atoms with Crippen LogP contribution in [0.4, 0.5) is 11.4 Å². The SMILES string of the molecule is CN=Nc1ccc2c(c1)OCOCN=N2. The summed E-state index contributed by atoms with van der Waals surface area (Å²) in [5.74, 6) is 0.600. The van der Waals surface area contributed by atoms with Crippen LogP contribution in [-0.2, 0) is 4.74 Å². The van der Waals surface area contributed by atoms with Gasteiger partial charge in [0.1, 0.15) is 5.69 Å². The predicted molar refractivity (Wildman–Crippen MR) is 52.8 cm³/mol. The molecule has 1 aromatic carbocycles. The van der Waals surface area contributed by atoms with E-state index in [-0.39, 0.29) is 13.5 Å². The zero-order valence-corrected chi connectivity index (χ0v) is 8.25. The molecular formula is C9H10N4O2. The van der Waals surface area contributed by atoms with E-state index in [1.54, 1.807) is 25.2 Å². The fraction of sp³-hybridized carbons (Fsp3) is 0.333. The summed E-state index contributed by atoms with van der Waals surface area (Å²) >= 11 is 0. The number of hydrogen-bond donors (Lipinski definition) is 0. The molecule has 15 heavy (non-hydrogen) atoms. The molecule has 0 saturated heterocycles. The quantitative estimate of drug-likeness (QED) is 0.663. The minimum atomic E-state index is 0.165. The number of ether oxygens (including phenoxy) is 2. The molecule has 1 aliphatic heterocycles. The van der Waals surface area contributed by atoms with Crippen molar-refractivity contribution in [3.63, 3.8) is 0 Å². The van der Waals surface area contributed by atoms with Gasteiger partial charge >= 0.3 is 0 Å². The summed E-state index contributed by atoms with van der Waals surface area (Å²) < 4.78 is 10.3. The number of azo groups is 2. The van der Waals surface area contributed by atoms with E-state index in [1.165, 1.54) is 0 Å². The lowest BCUT2D eigenvalue weighted by Gasteiger charge is -2.10. The Bertz CT molecular complexity index is 403. The summed E-state index contributed by atoms with van der Waals surface area (Å²) in [5.41, 5.74) is 1.39. The van der Waals surface area contributed by atoms with E-state index in [9.17, 15) is 0 Å². The van der Waals surface area contributed by atoms with Gasteiger partial charge in [0.15, 0.2) is 19.3 Å². The van der Waals surface area contributed by atoms with Crippen LogP contribution in [0.15, 0.2) is 38.7 Å². The molecule has 1 heterocycles. The fourth-order valence-electron chi connectivity index (χ4n) is 1.17. The highest BCUT2D eigenvalue weighted by molar-refractivity contribution is 5.58. The molecule has 0 N–H and O–H groups in total. The summed E-state index contributed by atoms with van der Waals surface area (Å²) in [6.45, 7) is 0.384. The van der Waals surface area contributed by atoms with Crippen molar-refractivity contribution in [2.45, 2.75) is 0 Å². The molecule has 0 saturated carbocycles. The summed E-state index contributed by atoms with van der Waals surface area (Å²) in [5, 5.41) is 15.3. The predicted octanol–water partition coefficient (Wildman–Crippen LogP) is 2.81. The fourth-order valence-corrected chi connectivity index (χ4v) is 1.17. The Morgan fingerprint density at radius 3 is 3.20 bits per heavy atom. The second-order valence-corrected chi connectivity index (χ2v) is 2.79.